The van der Waals surface area contributed by atoms with Crippen molar-refractivity contribution in [2.75, 3.05) is 53.5 Å². The molecule has 31 heavy (non-hydrogen) atoms. The van der Waals surface area contributed by atoms with Gasteiger partial charge in [0.05, 0.1) is 26.8 Å². The van der Waals surface area contributed by atoms with Gasteiger partial charge in [0.2, 0.25) is 5.91 Å². The average Bonchev–Trinajstić information content (AvgIpc) is 3.30. The monoisotopic (exact) mass is 423 g/mol. The Balaban J connectivity index is 1.34. The van der Waals surface area contributed by atoms with Gasteiger partial charge in [0, 0.05) is 44.8 Å². The first-order valence-corrected chi connectivity index (χ1v) is 11.2. The van der Waals surface area contributed by atoms with Crippen LogP contribution in [-0.2, 0) is 11.3 Å². The van der Waals surface area contributed by atoms with Crippen molar-refractivity contribution in [1.29, 1.82) is 0 Å². The molecule has 0 spiro atoms. The lowest BCUT2D eigenvalue weighted by Crippen LogP contribution is -2.49. The number of carbonyl (C=O) groups excluding carboxylic acids is 1. The van der Waals surface area contributed by atoms with Crippen molar-refractivity contribution in [2.45, 2.75) is 25.4 Å². The Hall–Kier alpha value is -2.57. The maximum Gasteiger partial charge on any atom is 0.237 e. The second-order valence-corrected chi connectivity index (χ2v) is 8.39. The van der Waals surface area contributed by atoms with Gasteiger partial charge in [0.1, 0.15) is 11.5 Å². The van der Waals surface area contributed by atoms with Crippen LogP contribution in [0.3, 0.4) is 0 Å². The quantitative estimate of drug-likeness (QED) is 0.685. The maximum atomic E-state index is 13.2. The molecule has 2 aromatic rings. The van der Waals surface area contributed by atoms with Gasteiger partial charge < -0.3 is 14.4 Å². The highest BCUT2D eigenvalue weighted by Crippen LogP contribution is 2.39. The summed E-state index contributed by atoms with van der Waals surface area (Å²) in [6, 6.07) is 16.5. The van der Waals surface area contributed by atoms with Crippen LogP contribution < -0.4 is 9.47 Å². The first-order chi connectivity index (χ1) is 15.2. The maximum absolute atomic E-state index is 13.2. The molecule has 4 rings (SSSR count). The molecule has 2 aliphatic heterocycles. The van der Waals surface area contributed by atoms with Crippen LogP contribution in [0.1, 0.15) is 30.0 Å². The predicted molar refractivity (Wildman–Crippen MR) is 121 cm³/mol. The summed E-state index contributed by atoms with van der Waals surface area (Å²) in [6.45, 7) is 6.12. The molecule has 0 aliphatic carbocycles. The molecule has 0 N–H and O–H groups in total. The topological polar surface area (TPSA) is 45.3 Å². The molecule has 0 bridgehead atoms. The fourth-order valence-corrected chi connectivity index (χ4v) is 4.72. The lowest BCUT2D eigenvalue weighted by molar-refractivity contribution is -0.133. The summed E-state index contributed by atoms with van der Waals surface area (Å²) in [7, 11) is 3.35. The van der Waals surface area contributed by atoms with Gasteiger partial charge in [-0.25, -0.2) is 0 Å². The fraction of sp³-hybridized carbons (Fsp3) is 0.480. The molecular weight excluding hydrogens is 390 g/mol. The highest BCUT2D eigenvalue weighted by Gasteiger charge is 2.33. The summed E-state index contributed by atoms with van der Waals surface area (Å²) in [6.07, 6.45) is 1.97. The standard InChI is InChI=1S/C25H33N3O3/c1-30-21-10-11-24(31-2)22(17-21)23-9-6-12-28(23)25(29)19-27-15-13-26(14-16-27)18-20-7-4-3-5-8-20/h3-5,7-8,10-11,17,23H,6,9,12-16,18-19H2,1-2H3/t23-/m1/s1. The Morgan fingerprint density at radius 1 is 0.935 bits per heavy atom. The lowest BCUT2D eigenvalue weighted by Gasteiger charge is -2.36. The van der Waals surface area contributed by atoms with Gasteiger partial charge in [0.15, 0.2) is 0 Å². The van der Waals surface area contributed by atoms with Gasteiger partial charge >= 0.3 is 0 Å². The van der Waals surface area contributed by atoms with Crippen molar-refractivity contribution in [3.05, 3.63) is 59.7 Å². The minimum Gasteiger partial charge on any atom is -0.497 e. The summed E-state index contributed by atoms with van der Waals surface area (Å²) in [5.41, 5.74) is 2.39. The van der Waals surface area contributed by atoms with Gasteiger partial charge in [-0.3, -0.25) is 14.6 Å². The molecule has 166 valence electrons. The van der Waals surface area contributed by atoms with Crippen molar-refractivity contribution in [1.82, 2.24) is 14.7 Å². The van der Waals surface area contributed by atoms with Crippen LogP contribution in [-0.4, -0.2) is 74.1 Å². The van der Waals surface area contributed by atoms with E-state index in [-0.39, 0.29) is 11.9 Å². The smallest absolute Gasteiger partial charge is 0.237 e. The van der Waals surface area contributed by atoms with Crippen LogP contribution in [0, 0.1) is 0 Å². The second kappa shape index (κ2) is 10.2. The summed E-state index contributed by atoms with van der Waals surface area (Å²) in [5, 5.41) is 0. The van der Waals surface area contributed by atoms with Gasteiger partial charge in [-0.1, -0.05) is 30.3 Å². The molecule has 1 amide bonds. The zero-order valence-electron chi connectivity index (χ0n) is 18.6. The molecule has 0 aromatic heterocycles. The van der Waals surface area contributed by atoms with Crippen LogP contribution in [0.4, 0.5) is 0 Å². The van der Waals surface area contributed by atoms with Crippen molar-refractivity contribution < 1.29 is 14.3 Å². The summed E-state index contributed by atoms with van der Waals surface area (Å²) >= 11 is 0. The number of piperazine rings is 1. The molecule has 0 saturated carbocycles. The van der Waals surface area contributed by atoms with E-state index in [0.29, 0.717) is 6.54 Å². The number of nitrogens with zero attached hydrogens (tertiary/aromatic N) is 3. The SMILES string of the molecule is COc1ccc(OC)c([C@H]2CCCN2C(=O)CN2CCN(Cc3ccccc3)CC2)c1. The Kier molecular flexibility index (Phi) is 7.10. The van der Waals surface area contributed by atoms with Crippen molar-refractivity contribution in [2.24, 2.45) is 0 Å². The fourth-order valence-electron chi connectivity index (χ4n) is 4.72. The Morgan fingerprint density at radius 3 is 2.39 bits per heavy atom. The van der Waals surface area contributed by atoms with E-state index in [0.717, 1.165) is 69.2 Å². The summed E-state index contributed by atoms with van der Waals surface area (Å²) in [4.78, 5) is 20.0. The van der Waals surface area contributed by atoms with Gasteiger partial charge in [0.25, 0.3) is 0 Å². The minimum atomic E-state index is 0.0527. The number of carbonyl (C=O) groups is 1. The van der Waals surface area contributed by atoms with E-state index in [4.69, 9.17) is 9.47 Å². The number of methoxy groups -OCH3 is 2. The van der Waals surface area contributed by atoms with Crippen LogP contribution in [0.15, 0.2) is 48.5 Å². The van der Waals surface area contributed by atoms with E-state index >= 15 is 0 Å². The number of benzene rings is 2. The highest BCUT2D eigenvalue weighted by molar-refractivity contribution is 5.79. The van der Waals surface area contributed by atoms with E-state index in [9.17, 15) is 4.79 Å². The molecule has 1 atom stereocenters. The zero-order chi connectivity index (χ0) is 21.6. The molecule has 0 radical (unpaired) electrons. The van der Waals surface area contributed by atoms with E-state index in [1.165, 1.54) is 5.56 Å². The van der Waals surface area contributed by atoms with Gasteiger partial charge in [-0.05, 0) is 36.6 Å². The lowest BCUT2D eigenvalue weighted by atomic mass is 10.0. The number of likely N-dealkylation sites (tertiary alicyclic amines) is 1. The highest BCUT2D eigenvalue weighted by atomic mass is 16.5. The van der Waals surface area contributed by atoms with Crippen molar-refractivity contribution in [3.8, 4) is 11.5 Å². The number of rotatable bonds is 7. The number of ether oxygens (including phenoxy) is 2. The molecule has 2 aromatic carbocycles. The predicted octanol–water partition coefficient (Wildman–Crippen LogP) is 3.19. The third-order valence-electron chi connectivity index (χ3n) is 6.44. The van der Waals surface area contributed by atoms with Crippen LogP contribution >= 0.6 is 0 Å². The van der Waals surface area contributed by atoms with E-state index in [2.05, 4.69) is 40.1 Å². The zero-order valence-corrected chi connectivity index (χ0v) is 18.6. The van der Waals surface area contributed by atoms with E-state index in [1.807, 2.05) is 23.1 Å². The molecule has 6 heteroatoms. The van der Waals surface area contributed by atoms with Gasteiger partial charge in [-0.2, -0.15) is 0 Å². The molecule has 6 nitrogen and oxygen atoms in total. The summed E-state index contributed by atoms with van der Waals surface area (Å²) < 4.78 is 11.0. The Labute approximate surface area is 185 Å². The molecule has 2 heterocycles. The van der Waals surface area contributed by atoms with Crippen LogP contribution in [0.25, 0.3) is 0 Å². The number of amides is 1. The van der Waals surface area contributed by atoms with Crippen LogP contribution in [0.2, 0.25) is 0 Å². The molecule has 2 fully saturated rings. The molecule has 0 unspecified atom stereocenters. The van der Waals surface area contributed by atoms with Crippen molar-refractivity contribution >= 4 is 5.91 Å². The van der Waals surface area contributed by atoms with Gasteiger partial charge in [-0.15, -0.1) is 0 Å². The second-order valence-electron chi connectivity index (χ2n) is 8.39. The van der Waals surface area contributed by atoms with Crippen molar-refractivity contribution in [3.63, 3.8) is 0 Å². The number of hydrogen-bond donors (Lipinski definition) is 0. The normalized spacial score (nSPS) is 20.1. The average molecular weight is 424 g/mol. The first-order valence-electron chi connectivity index (χ1n) is 11.2. The third-order valence-corrected chi connectivity index (χ3v) is 6.44. The van der Waals surface area contributed by atoms with E-state index < -0.39 is 0 Å². The molecular formula is C25H33N3O3. The summed E-state index contributed by atoms with van der Waals surface area (Å²) in [5.74, 6) is 1.83. The molecule has 2 saturated heterocycles. The van der Waals surface area contributed by atoms with E-state index in [1.54, 1.807) is 14.2 Å². The Morgan fingerprint density at radius 2 is 1.68 bits per heavy atom. The third kappa shape index (κ3) is 5.20. The molecule has 2 aliphatic rings. The number of hydrogen-bond acceptors (Lipinski definition) is 5. The minimum absolute atomic E-state index is 0.0527. The van der Waals surface area contributed by atoms with Crippen LogP contribution in [0.5, 0.6) is 11.5 Å². The first kappa shape index (κ1) is 21.7. The largest absolute Gasteiger partial charge is 0.497 e. The Bertz CT molecular complexity index is 866.